The predicted molar refractivity (Wildman–Crippen MR) is 52.6 cm³/mol. The van der Waals surface area contributed by atoms with E-state index in [1.54, 1.807) is 0 Å². The van der Waals surface area contributed by atoms with Gasteiger partial charge in [0.2, 0.25) is 0 Å². The number of allylic oxidation sites excluding steroid dienone is 1. The summed E-state index contributed by atoms with van der Waals surface area (Å²) in [5.74, 6) is 0.540. The van der Waals surface area contributed by atoms with Gasteiger partial charge < -0.3 is 4.74 Å². The molecule has 0 amide bonds. The first-order valence-corrected chi connectivity index (χ1v) is 5.58. The number of carbonyl (C=O) groups is 2. The monoisotopic (exact) mass is 206 g/mol. The Hall–Kier alpha value is -1.12. The molecule has 5 atom stereocenters. The second-order valence-corrected chi connectivity index (χ2v) is 4.97. The molecule has 3 nitrogen and oxygen atoms in total. The smallest absolute Gasteiger partial charge is 0.317 e. The number of hydrogen-bond donors (Lipinski definition) is 0. The summed E-state index contributed by atoms with van der Waals surface area (Å²) < 4.78 is 4.73. The summed E-state index contributed by atoms with van der Waals surface area (Å²) in [6.07, 6.45) is 4.99. The molecule has 80 valence electrons. The van der Waals surface area contributed by atoms with Crippen molar-refractivity contribution >= 4 is 11.9 Å². The van der Waals surface area contributed by atoms with Gasteiger partial charge in [0.15, 0.2) is 0 Å². The van der Waals surface area contributed by atoms with E-state index >= 15 is 0 Å². The average Bonchev–Trinajstić information content (AvgIpc) is 2.80. The Morgan fingerprint density at radius 3 is 2.73 bits per heavy atom. The highest BCUT2D eigenvalue weighted by atomic mass is 16.6. The van der Waals surface area contributed by atoms with Crippen LogP contribution in [0.4, 0.5) is 0 Å². The molecule has 3 heteroatoms. The number of carbonyl (C=O) groups excluding carboxylic acids is 2. The highest BCUT2D eigenvalue weighted by Crippen LogP contribution is 2.58. The maximum Gasteiger partial charge on any atom is 0.317 e. The third-order valence-electron chi connectivity index (χ3n) is 4.36. The van der Waals surface area contributed by atoms with E-state index < -0.39 is 0 Å². The van der Waals surface area contributed by atoms with E-state index in [9.17, 15) is 9.59 Å². The van der Waals surface area contributed by atoms with Crippen molar-refractivity contribution < 1.29 is 14.3 Å². The molecule has 0 aromatic carbocycles. The second-order valence-electron chi connectivity index (χ2n) is 4.97. The van der Waals surface area contributed by atoms with Crippen LogP contribution in [0.2, 0.25) is 0 Å². The Morgan fingerprint density at radius 2 is 2.00 bits per heavy atom. The molecule has 2 saturated carbocycles. The first-order chi connectivity index (χ1) is 7.22. The molecule has 3 aliphatic rings. The van der Waals surface area contributed by atoms with Crippen molar-refractivity contribution in [2.75, 3.05) is 0 Å². The van der Waals surface area contributed by atoms with Gasteiger partial charge in [0.1, 0.15) is 0 Å². The van der Waals surface area contributed by atoms with Crippen LogP contribution in [0.25, 0.3) is 0 Å². The topological polar surface area (TPSA) is 43.4 Å². The molecule has 2 aliphatic carbocycles. The summed E-state index contributed by atoms with van der Waals surface area (Å²) >= 11 is 0. The summed E-state index contributed by atoms with van der Waals surface area (Å²) in [6, 6.07) is 0. The fourth-order valence-electron chi connectivity index (χ4n) is 3.88. The summed E-state index contributed by atoms with van der Waals surface area (Å²) in [5.41, 5.74) is 0. The van der Waals surface area contributed by atoms with Gasteiger partial charge >= 0.3 is 11.9 Å². The van der Waals surface area contributed by atoms with Gasteiger partial charge in [-0.1, -0.05) is 6.08 Å². The molecule has 1 aliphatic heterocycles. The standard InChI is InChI=1S/C12H14O3/c1-2-3-6-4-7-5-8(6)10-9(7)11(13)15-12(10)14/h2,6-10H,1,3-5H2. The van der Waals surface area contributed by atoms with Crippen LogP contribution in [-0.2, 0) is 14.3 Å². The summed E-state index contributed by atoms with van der Waals surface area (Å²) in [4.78, 5) is 23.0. The first kappa shape index (κ1) is 9.13. The second kappa shape index (κ2) is 2.94. The van der Waals surface area contributed by atoms with Gasteiger partial charge in [-0.3, -0.25) is 9.59 Å². The fourth-order valence-corrected chi connectivity index (χ4v) is 3.88. The number of esters is 2. The Kier molecular flexibility index (Phi) is 1.79. The number of hydrogen-bond acceptors (Lipinski definition) is 3. The normalized spacial score (nSPS) is 46.8. The Morgan fingerprint density at radius 1 is 1.27 bits per heavy atom. The van der Waals surface area contributed by atoms with Crippen molar-refractivity contribution in [1.29, 1.82) is 0 Å². The van der Waals surface area contributed by atoms with E-state index in [4.69, 9.17) is 4.74 Å². The summed E-state index contributed by atoms with van der Waals surface area (Å²) in [6.45, 7) is 3.74. The Bertz CT molecular complexity index is 345. The lowest BCUT2D eigenvalue weighted by Crippen LogP contribution is -2.29. The van der Waals surface area contributed by atoms with Gasteiger partial charge in [0.25, 0.3) is 0 Å². The van der Waals surface area contributed by atoms with E-state index in [0.29, 0.717) is 17.8 Å². The molecular weight excluding hydrogens is 192 g/mol. The lowest BCUT2D eigenvalue weighted by atomic mass is 9.74. The number of ether oxygens (including phenoxy) is 1. The minimum Gasteiger partial charge on any atom is -0.393 e. The minimum absolute atomic E-state index is 0.108. The molecule has 2 bridgehead atoms. The van der Waals surface area contributed by atoms with E-state index in [1.165, 1.54) is 0 Å². The van der Waals surface area contributed by atoms with Crippen molar-refractivity contribution in [2.45, 2.75) is 19.3 Å². The van der Waals surface area contributed by atoms with Crippen molar-refractivity contribution in [3.05, 3.63) is 12.7 Å². The maximum absolute atomic E-state index is 11.5. The zero-order valence-electron chi connectivity index (χ0n) is 8.52. The number of cyclic esters (lactones) is 2. The number of rotatable bonds is 2. The van der Waals surface area contributed by atoms with Crippen LogP contribution in [-0.4, -0.2) is 11.9 Å². The van der Waals surface area contributed by atoms with E-state index in [2.05, 4.69) is 6.58 Å². The fraction of sp³-hybridized carbons (Fsp3) is 0.667. The lowest BCUT2D eigenvalue weighted by molar-refractivity contribution is -0.154. The van der Waals surface area contributed by atoms with Crippen molar-refractivity contribution in [3.63, 3.8) is 0 Å². The van der Waals surface area contributed by atoms with Crippen LogP contribution in [0.5, 0.6) is 0 Å². The van der Waals surface area contributed by atoms with Gasteiger partial charge in [-0.25, -0.2) is 0 Å². The Balaban J connectivity index is 1.88. The van der Waals surface area contributed by atoms with Crippen LogP contribution in [0.15, 0.2) is 12.7 Å². The van der Waals surface area contributed by atoms with Crippen molar-refractivity contribution in [2.24, 2.45) is 29.6 Å². The summed E-state index contributed by atoms with van der Waals surface area (Å²) in [5, 5.41) is 0. The van der Waals surface area contributed by atoms with Gasteiger partial charge in [-0.15, -0.1) is 6.58 Å². The molecule has 1 heterocycles. The number of fused-ring (bicyclic) bond motifs is 5. The SMILES string of the molecule is C=CCC1CC2CC1C1C(=O)OC(=O)C21. The van der Waals surface area contributed by atoms with Crippen molar-refractivity contribution in [3.8, 4) is 0 Å². The third-order valence-corrected chi connectivity index (χ3v) is 4.36. The largest absolute Gasteiger partial charge is 0.393 e. The summed E-state index contributed by atoms with van der Waals surface area (Å²) in [7, 11) is 0. The highest BCUT2D eigenvalue weighted by molar-refractivity contribution is 5.97. The van der Waals surface area contributed by atoms with Gasteiger partial charge in [0.05, 0.1) is 11.8 Å². The molecule has 1 saturated heterocycles. The minimum atomic E-state index is -0.272. The van der Waals surface area contributed by atoms with E-state index in [0.717, 1.165) is 19.3 Å². The molecule has 0 N–H and O–H groups in total. The molecule has 0 radical (unpaired) electrons. The van der Waals surface area contributed by atoms with Crippen LogP contribution in [0.3, 0.4) is 0 Å². The van der Waals surface area contributed by atoms with Crippen LogP contribution >= 0.6 is 0 Å². The van der Waals surface area contributed by atoms with E-state index in [-0.39, 0.29) is 23.8 Å². The van der Waals surface area contributed by atoms with Crippen LogP contribution in [0, 0.1) is 29.6 Å². The molecule has 5 unspecified atom stereocenters. The molecule has 15 heavy (non-hydrogen) atoms. The maximum atomic E-state index is 11.5. The third kappa shape index (κ3) is 1.06. The van der Waals surface area contributed by atoms with Crippen LogP contribution < -0.4 is 0 Å². The highest BCUT2D eigenvalue weighted by Gasteiger charge is 2.62. The molecule has 3 fully saturated rings. The van der Waals surface area contributed by atoms with Crippen LogP contribution in [0.1, 0.15) is 19.3 Å². The molecule has 0 aromatic heterocycles. The molecular formula is C12H14O3. The zero-order chi connectivity index (χ0) is 10.6. The van der Waals surface area contributed by atoms with Crippen molar-refractivity contribution in [1.82, 2.24) is 0 Å². The van der Waals surface area contributed by atoms with E-state index in [1.807, 2.05) is 6.08 Å². The lowest BCUT2D eigenvalue weighted by Gasteiger charge is -2.26. The van der Waals surface area contributed by atoms with Gasteiger partial charge in [0, 0.05) is 0 Å². The predicted octanol–water partition coefficient (Wildman–Crippen LogP) is 1.53. The van der Waals surface area contributed by atoms with Gasteiger partial charge in [-0.05, 0) is 37.0 Å². The molecule has 0 spiro atoms. The average molecular weight is 206 g/mol. The quantitative estimate of drug-likeness (QED) is 0.391. The molecule has 0 aromatic rings. The first-order valence-electron chi connectivity index (χ1n) is 5.58. The zero-order valence-corrected chi connectivity index (χ0v) is 8.52. The molecule has 3 rings (SSSR count). The van der Waals surface area contributed by atoms with Gasteiger partial charge in [-0.2, -0.15) is 0 Å². The Labute approximate surface area is 88.5 Å².